The molecule has 1 amide bonds. The fourth-order valence-corrected chi connectivity index (χ4v) is 3.62. The summed E-state index contributed by atoms with van der Waals surface area (Å²) in [6.45, 7) is -0.0100. The standard InChI is InChI=1S/C23H24ClNO4/c24-15-7-12-21(26)19-13-14-22(27)25(19)20(17-8-3-1-4-9-17)16-29-23(28)18-10-5-2-6-11-18/h1-6,8-11,13-14,19-21,26H,7,12,15-16H2/t19-,20+,21-/m1/s1. The molecule has 2 aromatic rings. The van der Waals surface area contributed by atoms with E-state index in [-0.39, 0.29) is 12.5 Å². The zero-order valence-electron chi connectivity index (χ0n) is 16.0. The molecule has 1 heterocycles. The number of carbonyl (C=O) groups is 2. The highest BCUT2D eigenvalue weighted by Crippen LogP contribution is 2.30. The van der Waals surface area contributed by atoms with Gasteiger partial charge in [0.2, 0.25) is 5.91 Å². The molecule has 0 fully saturated rings. The Kier molecular flexibility index (Phi) is 7.44. The van der Waals surface area contributed by atoms with Gasteiger partial charge in [0.25, 0.3) is 0 Å². The number of aliphatic hydroxyl groups excluding tert-OH is 1. The summed E-state index contributed by atoms with van der Waals surface area (Å²) < 4.78 is 5.55. The Morgan fingerprint density at radius 2 is 1.76 bits per heavy atom. The fraction of sp³-hybridized carbons (Fsp3) is 0.304. The number of halogens is 1. The van der Waals surface area contributed by atoms with E-state index in [9.17, 15) is 14.7 Å². The minimum Gasteiger partial charge on any atom is -0.460 e. The third-order valence-electron chi connectivity index (χ3n) is 4.94. The lowest BCUT2D eigenvalue weighted by molar-refractivity contribution is -0.132. The van der Waals surface area contributed by atoms with Crippen LogP contribution in [-0.4, -0.2) is 46.5 Å². The Labute approximate surface area is 175 Å². The quantitative estimate of drug-likeness (QED) is 0.502. The van der Waals surface area contributed by atoms with Crippen LogP contribution in [0.5, 0.6) is 0 Å². The first kappa shape index (κ1) is 21.1. The smallest absolute Gasteiger partial charge is 0.338 e. The van der Waals surface area contributed by atoms with Crippen molar-refractivity contribution in [1.82, 2.24) is 4.90 Å². The lowest BCUT2D eigenvalue weighted by Gasteiger charge is -2.35. The lowest BCUT2D eigenvalue weighted by Crippen LogP contribution is -2.45. The van der Waals surface area contributed by atoms with Crippen LogP contribution in [0.25, 0.3) is 0 Å². The molecule has 0 radical (unpaired) electrons. The largest absolute Gasteiger partial charge is 0.460 e. The fourth-order valence-electron chi connectivity index (χ4n) is 3.46. The van der Waals surface area contributed by atoms with Crippen molar-refractivity contribution in [2.75, 3.05) is 12.5 Å². The topological polar surface area (TPSA) is 66.8 Å². The van der Waals surface area contributed by atoms with E-state index in [1.54, 1.807) is 35.2 Å². The van der Waals surface area contributed by atoms with E-state index in [2.05, 4.69) is 0 Å². The normalized spacial score (nSPS) is 17.9. The molecule has 1 N–H and O–H groups in total. The molecule has 0 spiro atoms. The number of hydrogen-bond acceptors (Lipinski definition) is 4. The molecule has 5 nitrogen and oxygen atoms in total. The third kappa shape index (κ3) is 5.25. The summed E-state index contributed by atoms with van der Waals surface area (Å²) >= 11 is 5.75. The number of aliphatic hydroxyl groups is 1. The molecular formula is C23H24ClNO4. The lowest BCUT2D eigenvalue weighted by atomic mass is 10.0. The van der Waals surface area contributed by atoms with Gasteiger partial charge in [0.15, 0.2) is 0 Å². The summed E-state index contributed by atoms with van der Waals surface area (Å²) in [7, 11) is 0. The summed E-state index contributed by atoms with van der Waals surface area (Å²) in [5.74, 6) is -0.229. The first-order valence-electron chi connectivity index (χ1n) is 9.63. The van der Waals surface area contributed by atoms with Crippen LogP contribution in [0.2, 0.25) is 0 Å². The van der Waals surface area contributed by atoms with Crippen LogP contribution in [-0.2, 0) is 9.53 Å². The van der Waals surface area contributed by atoms with Crippen LogP contribution in [0, 0.1) is 0 Å². The zero-order chi connectivity index (χ0) is 20.6. The molecule has 0 saturated carbocycles. The SMILES string of the molecule is O=C(OC[C@@H](c1ccccc1)N1C(=O)C=C[C@@H]1[C@H](O)CCCCl)c1ccccc1. The van der Waals surface area contributed by atoms with E-state index >= 15 is 0 Å². The van der Waals surface area contributed by atoms with Crippen LogP contribution >= 0.6 is 11.6 Å². The number of carbonyl (C=O) groups excluding carboxylic acids is 2. The van der Waals surface area contributed by atoms with Crippen molar-refractivity contribution in [2.24, 2.45) is 0 Å². The average molecular weight is 414 g/mol. The van der Waals surface area contributed by atoms with Crippen LogP contribution in [0.1, 0.15) is 34.8 Å². The number of esters is 1. The number of alkyl halides is 1. The number of benzene rings is 2. The molecular weight excluding hydrogens is 390 g/mol. The van der Waals surface area contributed by atoms with Crippen LogP contribution in [0.4, 0.5) is 0 Å². The molecule has 1 aliphatic heterocycles. The van der Waals surface area contributed by atoms with Gasteiger partial charge in [-0.2, -0.15) is 0 Å². The second kappa shape index (κ2) is 10.2. The van der Waals surface area contributed by atoms with Gasteiger partial charge in [-0.05, 0) is 30.5 Å². The molecule has 0 bridgehead atoms. The van der Waals surface area contributed by atoms with Crippen molar-refractivity contribution in [3.05, 3.63) is 83.9 Å². The minimum atomic E-state index is -0.743. The van der Waals surface area contributed by atoms with Gasteiger partial charge >= 0.3 is 5.97 Å². The summed E-state index contributed by atoms with van der Waals surface area (Å²) in [4.78, 5) is 26.7. The van der Waals surface area contributed by atoms with E-state index in [1.807, 2.05) is 36.4 Å². The van der Waals surface area contributed by atoms with Crippen LogP contribution < -0.4 is 0 Å². The maximum absolute atomic E-state index is 12.7. The monoisotopic (exact) mass is 413 g/mol. The van der Waals surface area contributed by atoms with Gasteiger partial charge in [-0.25, -0.2) is 4.79 Å². The molecule has 0 saturated heterocycles. The summed E-state index contributed by atoms with van der Waals surface area (Å²) in [6.07, 6.45) is 3.55. The first-order chi connectivity index (χ1) is 14.1. The molecule has 29 heavy (non-hydrogen) atoms. The van der Waals surface area contributed by atoms with Crippen molar-refractivity contribution in [2.45, 2.75) is 31.0 Å². The molecule has 0 unspecified atom stereocenters. The van der Waals surface area contributed by atoms with Gasteiger partial charge in [-0.3, -0.25) is 4.79 Å². The highest BCUT2D eigenvalue weighted by molar-refractivity contribution is 6.17. The van der Waals surface area contributed by atoms with Gasteiger partial charge in [0.05, 0.1) is 23.8 Å². The molecule has 1 aliphatic rings. The van der Waals surface area contributed by atoms with Gasteiger partial charge in [0.1, 0.15) is 6.61 Å². The van der Waals surface area contributed by atoms with E-state index in [1.165, 1.54) is 6.08 Å². The highest BCUT2D eigenvalue weighted by atomic mass is 35.5. The summed E-state index contributed by atoms with van der Waals surface area (Å²) in [5, 5.41) is 10.6. The molecule has 152 valence electrons. The Morgan fingerprint density at radius 3 is 2.41 bits per heavy atom. The molecule has 2 aromatic carbocycles. The minimum absolute atomic E-state index is 0.0100. The van der Waals surface area contributed by atoms with Crippen molar-refractivity contribution in [3.8, 4) is 0 Å². The van der Waals surface area contributed by atoms with E-state index in [0.717, 1.165) is 5.56 Å². The molecule has 3 atom stereocenters. The number of hydrogen-bond donors (Lipinski definition) is 1. The Morgan fingerprint density at radius 1 is 1.10 bits per heavy atom. The van der Waals surface area contributed by atoms with Crippen molar-refractivity contribution < 1.29 is 19.4 Å². The molecule has 3 rings (SSSR count). The molecule has 0 aliphatic carbocycles. The Bertz CT molecular complexity index is 840. The van der Waals surface area contributed by atoms with Gasteiger partial charge < -0.3 is 14.7 Å². The number of amides is 1. The second-order valence-electron chi connectivity index (χ2n) is 6.88. The summed E-state index contributed by atoms with van der Waals surface area (Å²) in [5.41, 5.74) is 1.28. The van der Waals surface area contributed by atoms with Crippen molar-refractivity contribution in [3.63, 3.8) is 0 Å². The number of nitrogens with zero attached hydrogens (tertiary/aromatic N) is 1. The predicted octanol–water partition coefficient (Wildman–Crippen LogP) is 3.73. The Balaban J connectivity index is 1.81. The van der Waals surface area contributed by atoms with Gasteiger partial charge in [0, 0.05) is 12.0 Å². The molecule has 0 aromatic heterocycles. The maximum Gasteiger partial charge on any atom is 0.338 e. The van der Waals surface area contributed by atoms with Crippen LogP contribution in [0.15, 0.2) is 72.8 Å². The Hall–Kier alpha value is -2.63. The zero-order valence-corrected chi connectivity index (χ0v) is 16.7. The van der Waals surface area contributed by atoms with Crippen molar-refractivity contribution in [1.29, 1.82) is 0 Å². The van der Waals surface area contributed by atoms with Gasteiger partial charge in [-0.15, -0.1) is 11.6 Å². The molecule has 6 heteroatoms. The number of ether oxygens (including phenoxy) is 1. The number of rotatable bonds is 9. The maximum atomic E-state index is 12.7. The van der Waals surface area contributed by atoms with E-state index in [0.29, 0.717) is 24.3 Å². The predicted molar refractivity (Wildman–Crippen MR) is 112 cm³/mol. The highest BCUT2D eigenvalue weighted by Gasteiger charge is 2.37. The first-order valence-corrected chi connectivity index (χ1v) is 10.2. The average Bonchev–Trinajstić information content (AvgIpc) is 3.15. The van der Waals surface area contributed by atoms with E-state index < -0.39 is 24.2 Å². The summed E-state index contributed by atoms with van der Waals surface area (Å²) in [6, 6.07) is 17.1. The van der Waals surface area contributed by atoms with E-state index in [4.69, 9.17) is 16.3 Å². The van der Waals surface area contributed by atoms with Crippen molar-refractivity contribution >= 4 is 23.5 Å². The third-order valence-corrected chi connectivity index (χ3v) is 5.21. The van der Waals surface area contributed by atoms with Gasteiger partial charge in [-0.1, -0.05) is 54.6 Å². The second-order valence-corrected chi connectivity index (χ2v) is 7.26. The van der Waals surface area contributed by atoms with Crippen LogP contribution in [0.3, 0.4) is 0 Å².